The highest BCUT2D eigenvalue weighted by Gasteiger charge is 2.50. The summed E-state index contributed by atoms with van der Waals surface area (Å²) in [6, 6.07) is 25.6. The Morgan fingerprint density at radius 2 is 1.24 bits per heavy atom. The van der Waals surface area contributed by atoms with E-state index in [0.29, 0.717) is 42.8 Å². The van der Waals surface area contributed by atoms with Gasteiger partial charge in [-0.3, -0.25) is 9.59 Å². The van der Waals surface area contributed by atoms with Crippen LogP contribution in [-0.2, 0) is 25.7 Å². The maximum atomic E-state index is 13.3. The van der Waals surface area contributed by atoms with Gasteiger partial charge in [-0.1, -0.05) is 60.7 Å². The van der Waals surface area contributed by atoms with Gasteiger partial charge in [0.15, 0.2) is 40.7 Å². The number of hydrogen-bond acceptors (Lipinski definition) is 8. The Hall–Kier alpha value is -4.66. The van der Waals surface area contributed by atoms with Crippen molar-refractivity contribution in [3.05, 3.63) is 139 Å². The molecule has 1 aliphatic carbocycles. The lowest BCUT2D eigenvalue weighted by atomic mass is 9.86. The van der Waals surface area contributed by atoms with Crippen LogP contribution in [0.1, 0.15) is 46.2 Å². The molecule has 3 heterocycles. The number of benzene rings is 3. The molecule has 2 aliphatic rings. The third-order valence-electron chi connectivity index (χ3n) is 7.94. The Balaban J connectivity index is 1.22. The lowest BCUT2D eigenvalue weighted by Gasteiger charge is -2.34. The van der Waals surface area contributed by atoms with Gasteiger partial charge in [0.25, 0.3) is 0 Å². The fourth-order valence-electron chi connectivity index (χ4n) is 5.76. The van der Waals surface area contributed by atoms with Crippen molar-refractivity contribution < 1.29 is 28.5 Å². The molecular formula is C34H28O8. The average molecular weight is 565 g/mol. The van der Waals surface area contributed by atoms with E-state index < -0.39 is 29.8 Å². The van der Waals surface area contributed by atoms with Gasteiger partial charge in [-0.05, 0) is 30.0 Å². The quantitative estimate of drug-likeness (QED) is 0.307. The minimum atomic E-state index is -1.43. The van der Waals surface area contributed by atoms with Crippen LogP contribution in [0.3, 0.4) is 0 Å². The molecule has 4 atom stereocenters. The first-order valence-electron chi connectivity index (χ1n) is 14.0. The summed E-state index contributed by atoms with van der Waals surface area (Å²) in [7, 11) is 0. The molecule has 42 heavy (non-hydrogen) atoms. The molecule has 2 bridgehead atoms. The number of aliphatic hydroxyl groups is 2. The Morgan fingerprint density at radius 3 is 1.90 bits per heavy atom. The van der Waals surface area contributed by atoms with Crippen LogP contribution in [0.4, 0.5) is 0 Å². The van der Waals surface area contributed by atoms with Crippen LogP contribution in [-0.4, -0.2) is 22.4 Å². The number of aryl methyl sites for hydroxylation is 4. The molecule has 0 unspecified atom stereocenters. The van der Waals surface area contributed by atoms with E-state index >= 15 is 0 Å². The Morgan fingerprint density at radius 1 is 0.643 bits per heavy atom. The molecule has 8 nitrogen and oxygen atoms in total. The summed E-state index contributed by atoms with van der Waals surface area (Å²) in [6.07, 6.45) is -2.82. The third kappa shape index (κ3) is 4.78. The third-order valence-corrected chi connectivity index (χ3v) is 7.94. The first kappa shape index (κ1) is 26.3. The largest absolute Gasteiger partial charge is 0.480 e. The lowest BCUT2D eigenvalue weighted by molar-refractivity contribution is -0.0979. The fourth-order valence-corrected chi connectivity index (χ4v) is 5.76. The zero-order chi connectivity index (χ0) is 28.8. The Labute approximate surface area is 240 Å². The molecule has 0 fully saturated rings. The van der Waals surface area contributed by atoms with Crippen LogP contribution >= 0.6 is 0 Å². The van der Waals surface area contributed by atoms with Crippen LogP contribution in [0.2, 0.25) is 0 Å². The summed E-state index contributed by atoms with van der Waals surface area (Å²) < 4.78 is 24.3. The molecule has 2 aromatic heterocycles. The van der Waals surface area contributed by atoms with Crippen molar-refractivity contribution in [1.29, 1.82) is 0 Å². The van der Waals surface area contributed by atoms with E-state index in [1.165, 1.54) is 24.3 Å². The SMILES string of the molecule is O=c1cc(CCc2ccccc2)oc2c1[C@@H]1Oc3cc4oc(CCc5ccccc5)cc(=O)c4cc3O[C@@H]([C@@H]1O)[C@H]2O. The molecule has 7 rings (SSSR count). The van der Waals surface area contributed by atoms with Gasteiger partial charge in [0.1, 0.15) is 29.0 Å². The summed E-state index contributed by atoms with van der Waals surface area (Å²) in [4.78, 5) is 26.4. The van der Waals surface area contributed by atoms with E-state index in [1.807, 2.05) is 60.7 Å². The molecule has 3 aromatic carbocycles. The molecule has 0 radical (unpaired) electrons. The highest BCUT2D eigenvalue weighted by atomic mass is 16.6. The van der Waals surface area contributed by atoms with Crippen LogP contribution in [0.15, 0.2) is 103 Å². The van der Waals surface area contributed by atoms with Crippen molar-refractivity contribution in [3.8, 4) is 11.5 Å². The first-order valence-corrected chi connectivity index (χ1v) is 14.0. The second-order valence-electron chi connectivity index (χ2n) is 10.8. The van der Waals surface area contributed by atoms with Gasteiger partial charge in [-0.2, -0.15) is 0 Å². The van der Waals surface area contributed by atoms with Gasteiger partial charge in [0.2, 0.25) is 0 Å². The van der Waals surface area contributed by atoms with Crippen molar-refractivity contribution >= 4 is 11.0 Å². The van der Waals surface area contributed by atoms with Crippen LogP contribution < -0.4 is 20.3 Å². The van der Waals surface area contributed by atoms with Crippen LogP contribution in [0, 0.1) is 0 Å². The minimum absolute atomic E-state index is 0.0145. The van der Waals surface area contributed by atoms with E-state index in [1.54, 1.807) is 0 Å². The summed E-state index contributed by atoms with van der Waals surface area (Å²) in [5.74, 6) is 1.29. The van der Waals surface area contributed by atoms with E-state index in [-0.39, 0.29) is 33.6 Å². The fraction of sp³-hybridized carbons (Fsp3) is 0.235. The summed E-state index contributed by atoms with van der Waals surface area (Å²) in [5.41, 5.74) is 1.90. The number of aliphatic hydroxyl groups excluding tert-OH is 2. The Bertz CT molecular complexity index is 1880. The normalized spacial score (nSPS) is 20.6. The summed E-state index contributed by atoms with van der Waals surface area (Å²) >= 11 is 0. The monoisotopic (exact) mass is 564 g/mol. The smallest absolute Gasteiger partial charge is 0.193 e. The van der Waals surface area contributed by atoms with Crippen LogP contribution in [0.25, 0.3) is 11.0 Å². The predicted molar refractivity (Wildman–Crippen MR) is 154 cm³/mol. The molecule has 2 N–H and O–H groups in total. The molecule has 0 saturated heterocycles. The number of hydrogen-bond donors (Lipinski definition) is 2. The number of ether oxygens (including phenoxy) is 2. The second-order valence-corrected chi connectivity index (χ2v) is 10.8. The molecule has 1 aliphatic heterocycles. The molecule has 8 heteroatoms. The highest BCUT2D eigenvalue weighted by molar-refractivity contribution is 5.81. The topological polar surface area (TPSA) is 119 Å². The van der Waals surface area contributed by atoms with E-state index in [0.717, 1.165) is 11.1 Å². The number of rotatable bonds is 6. The van der Waals surface area contributed by atoms with Crippen molar-refractivity contribution in [2.75, 3.05) is 0 Å². The standard InChI is InChI=1S/C34H28O8/c35-24-15-21(13-11-19-7-3-1-4-8-19)39-26-18-28-27(17-23(24)26)42-34-30(37)32-29(33(41-28)31(34)38)25(36)16-22(40-32)14-12-20-9-5-2-6-10-20/h1-10,15-18,30-31,33-34,37-38H,11-14H2/t30-,31+,33-,34+/m0/s1. The van der Waals surface area contributed by atoms with E-state index in [4.69, 9.17) is 18.3 Å². The number of fused-ring (bicyclic) bond motifs is 6. The van der Waals surface area contributed by atoms with Crippen molar-refractivity contribution in [3.63, 3.8) is 0 Å². The maximum absolute atomic E-state index is 13.3. The molecular weight excluding hydrogens is 536 g/mol. The van der Waals surface area contributed by atoms with Crippen molar-refractivity contribution in [2.45, 2.75) is 50.1 Å². The van der Waals surface area contributed by atoms with Gasteiger partial charge >= 0.3 is 0 Å². The van der Waals surface area contributed by atoms with Crippen molar-refractivity contribution in [2.24, 2.45) is 0 Å². The van der Waals surface area contributed by atoms with Gasteiger partial charge in [-0.15, -0.1) is 0 Å². The molecule has 5 aromatic rings. The van der Waals surface area contributed by atoms with Crippen LogP contribution in [0.5, 0.6) is 11.5 Å². The van der Waals surface area contributed by atoms with E-state index in [9.17, 15) is 19.8 Å². The van der Waals surface area contributed by atoms with Gasteiger partial charge in [0.05, 0.1) is 10.9 Å². The minimum Gasteiger partial charge on any atom is -0.480 e. The zero-order valence-electron chi connectivity index (χ0n) is 22.6. The molecule has 0 spiro atoms. The predicted octanol–water partition coefficient (Wildman–Crippen LogP) is 4.61. The summed E-state index contributed by atoms with van der Waals surface area (Å²) in [6.45, 7) is 0. The van der Waals surface area contributed by atoms with E-state index in [2.05, 4.69) is 0 Å². The molecule has 0 saturated carbocycles. The molecule has 212 valence electrons. The highest BCUT2D eigenvalue weighted by Crippen LogP contribution is 2.46. The first-order chi connectivity index (χ1) is 20.4. The molecule has 0 amide bonds. The van der Waals surface area contributed by atoms with Gasteiger partial charge in [0, 0.05) is 31.0 Å². The zero-order valence-corrected chi connectivity index (χ0v) is 22.6. The summed E-state index contributed by atoms with van der Waals surface area (Å²) in [5, 5.41) is 22.6. The average Bonchev–Trinajstić information content (AvgIpc) is 3.10. The van der Waals surface area contributed by atoms with Crippen molar-refractivity contribution in [1.82, 2.24) is 0 Å². The van der Waals surface area contributed by atoms with Gasteiger partial charge < -0.3 is 28.5 Å². The lowest BCUT2D eigenvalue weighted by Crippen LogP contribution is -2.47. The second kappa shape index (κ2) is 10.6. The maximum Gasteiger partial charge on any atom is 0.193 e. The van der Waals surface area contributed by atoms with Gasteiger partial charge in [-0.25, -0.2) is 0 Å². The Kier molecular flexibility index (Phi) is 6.64.